The van der Waals surface area contributed by atoms with Crippen LogP contribution in [0.15, 0.2) is 54.6 Å². The predicted molar refractivity (Wildman–Crippen MR) is 83.9 cm³/mol. The highest BCUT2D eigenvalue weighted by atomic mass is 16.1. The quantitative estimate of drug-likeness (QED) is 0.495. The highest BCUT2D eigenvalue weighted by Crippen LogP contribution is 2.19. The summed E-state index contributed by atoms with van der Waals surface area (Å²) in [6.45, 7) is 1.85. The molecule has 3 nitrogen and oxygen atoms in total. The van der Waals surface area contributed by atoms with Gasteiger partial charge in [-0.3, -0.25) is 15.0 Å². The van der Waals surface area contributed by atoms with Gasteiger partial charge in [-0.1, -0.05) is 61.5 Å². The summed E-state index contributed by atoms with van der Waals surface area (Å²) in [6.07, 6.45) is 0.883. The van der Waals surface area contributed by atoms with Crippen LogP contribution in [-0.2, 0) is 4.79 Å². The van der Waals surface area contributed by atoms with Gasteiger partial charge in [-0.15, -0.1) is 0 Å². The fourth-order valence-corrected chi connectivity index (χ4v) is 2.07. The number of hydrogen-bond acceptors (Lipinski definition) is 3. The number of ketones is 2. The zero-order chi connectivity index (χ0) is 15.2. The molecule has 21 heavy (non-hydrogen) atoms. The van der Waals surface area contributed by atoms with Gasteiger partial charge in [-0.05, 0) is 17.5 Å². The van der Waals surface area contributed by atoms with Crippen molar-refractivity contribution in [3.8, 4) is 11.1 Å². The number of Topliss-reactive ketones (excluding diaryl/α,β-unsaturated/α-hetero) is 2. The van der Waals surface area contributed by atoms with Crippen LogP contribution in [0.5, 0.6) is 0 Å². The third-order valence-corrected chi connectivity index (χ3v) is 3.24. The second kappa shape index (κ2) is 6.75. The van der Waals surface area contributed by atoms with Gasteiger partial charge in [0.25, 0.3) is 0 Å². The number of benzene rings is 2. The molecule has 1 N–H and O–H groups in total. The van der Waals surface area contributed by atoms with Gasteiger partial charge in [0.2, 0.25) is 5.78 Å². The molecule has 0 heterocycles. The summed E-state index contributed by atoms with van der Waals surface area (Å²) in [7, 11) is 0. The van der Waals surface area contributed by atoms with E-state index in [1.807, 2.05) is 49.4 Å². The summed E-state index contributed by atoms with van der Waals surface area (Å²) < 4.78 is 0. The minimum absolute atomic E-state index is 0.243. The number of hydrogen-bond donors (Lipinski definition) is 1. The monoisotopic (exact) mass is 279 g/mol. The summed E-state index contributed by atoms with van der Waals surface area (Å²) in [5, 5.41) is 7.66. The molecular formula is C18H17NO2. The van der Waals surface area contributed by atoms with Gasteiger partial charge in [0.15, 0.2) is 5.78 Å². The van der Waals surface area contributed by atoms with Crippen molar-refractivity contribution < 1.29 is 9.59 Å². The van der Waals surface area contributed by atoms with Crippen LogP contribution >= 0.6 is 0 Å². The molecule has 0 aliphatic heterocycles. The first-order valence-corrected chi connectivity index (χ1v) is 6.95. The average Bonchev–Trinajstić information content (AvgIpc) is 2.54. The van der Waals surface area contributed by atoms with Crippen LogP contribution in [0.3, 0.4) is 0 Å². The van der Waals surface area contributed by atoms with Crippen LogP contribution in [-0.4, -0.2) is 17.3 Å². The van der Waals surface area contributed by atoms with Crippen LogP contribution in [0.1, 0.15) is 30.1 Å². The number of carbonyl (C=O) groups is 2. The first kappa shape index (κ1) is 14.9. The van der Waals surface area contributed by atoms with Crippen molar-refractivity contribution in [2.75, 3.05) is 0 Å². The topological polar surface area (TPSA) is 58.0 Å². The largest absolute Gasteiger partial charge is 0.294 e. The third kappa shape index (κ3) is 3.51. The fraction of sp³-hybridized carbons (Fsp3) is 0.167. The molecule has 0 amide bonds. The second-order valence-electron chi connectivity index (χ2n) is 4.82. The summed E-state index contributed by atoms with van der Waals surface area (Å²) >= 11 is 0. The first-order chi connectivity index (χ1) is 10.1. The van der Waals surface area contributed by atoms with Crippen molar-refractivity contribution in [3.63, 3.8) is 0 Å². The molecule has 106 valence electrons. The Morgan fingerprint density at radius 1 is 0.905 bits per heavy atom. The number of rotatable bonds is 6. The molecule has 0 spiro atoms. The second-order valence-corrected chi connectivity index (χ2v) is 4.82. The Morgan fingerprint density at radius 2 is 1.48 bits per heavy atom. The summed E-state index contributed by atoms with van der Waals surface area (Å²) in [5.74, 6) is -0.900. The molecule has 2 rings (SSSR count). The molecule has 3 heteroatoms. The molecular weight excluding hydrogens is 262 g/mol. The van der Waals surface area contributed by atoms with Gasteiger partial charge in [0, 0.05) is 12.0 Å². The van der Waals surface area contributed by atoms with Crippen molar-refractivity contribution in [3.05, 3.63) is 60.2 Å². The van der Waals surface area contributed by atoms with Gasteiger partial charge < -0.3 is 0 Å². The smallest absolute Gasteiger partial charge is 0.214 e. The van der Waals surface area contributed by atoms with Crippen LogP contribution in [0.2, 0.25) is 0 Å². The van der Waals surface area contributed by atoms with Gasteiger partial charge >= 0.3 is 0 Å². The Labute approximate surface area is 124 Å². The van der Waals surface area contributed by atoms with Crippen molar-refractivity contribution in [2.45, 2.75) is 19.8 Å². The van der Waals surface area contributed by atoms with Crippen LogP contribution in [0.25, 0.3) is 11.1 Å². The fourth-order valence-electron chi connectivity index (χ4n) is 2.07. The molecule has 0 aliphatic rings. The minimum Gasteiger partial charge on any atom is -0.294 e. The standard InChI is InChI=1S/C18H17NO2/c1-2-6-16(20)17(19)18(21)15-11-9-14(10-12-15)13-7-4-3-5-8-13/h3-5,7-12,19H,2,6H2,1H3. The van der Waals surface area contributed by atoms with E-state index in [2.05, 4.69) is 0 Å². The average molecular weight is 279 g/mol. The molecule has 2 aromatic carbocycles. The van der Waals surface area contributed by atoms with E-state index in [-0.39, 0.29) is 6.42 Å². The Morgan fingerprint density at radius 3 is 2.05 bits per heavy atom. The van der Waals surface area contributed by atoms with E-state index in [4.69, 9.17) is 5.41 Å². The van der Waals surface area contributed by atoms with E-state index >= 15 is 0 Å². The molecule has 0 saturated heterocycles. The molecule has 0 bridgehead atoms. The van der Waals surface area contributed by atoms with Gasteiger partial charge in [0.1, 0.15) is 5.71 Å². The zero-order valence-corrected chi connectivity index (χ0v) is 11.9. The van der Waals surface area contributed by atoms with Crippen molar-refractivity contribution >= 4 is 17.3 Å². The maximum Gasteiger partial charge on any atom is 0.214 e. The van der Waals surface area contributed by atoms with E-state index in [1.54, 1.807) is 12.1 Å². The Hall–Kier alpha value is -2.55. The van der Waals surface area contributed by atoms with Gasteiger partial charge in [-0.2, -0.15) is 0 Å². The summed E-state index contributed by atoms with van der Waals surface area (Å²) in [5.41, 5.74) is 2.01. The molecule has 0 fully saturated rings. The molecule has 0 aromatic heterocycles. The molecule has 0 radical (unpaired) electrons. The maximum atomic E-state index is 12.1. The lowest BCUT2D eigenvalue weighted by Crippen LogP contribution is -2.22. The highest BCUT2D eigenvalue weighted by Gasteiger charge is 2.18. The van der Waals surface area contributed by atoms with E-state index in [1.165, 1.54) is 0 Å². The van der Waals surface area contributed by atoms with E-state index in [9.17, 15) is 9.59 Å². The zero-order valence-electron chi connectivity index (χ0n) is 11.9. The maximum absolute atomic E-state index is 12.1. The molecule has 0 saturated carbocycles. The lowest BCUT2D eigenvalue weighted by Gasteiger charge is -2.04. The SMILES string of the molecule is CCCC(=O)C(=N)C(=O)c1ccc(-c2ccccc2)cc1. The predicted octanol–water partition coefficient (Wildman–Crippen LogP) is 3.93. The van der Waals surface area contributed by atoms with Crippen molar-refractivity contribution in [2.24, 2.45) is 0 Å². The van der Waals surface area contributed by atoms with Crippen LogP contribution in [0.4, 0.5) is 0 Å². The molecule has 0 unspecified atom stereocenters. The summed E-state index contributed by atoms with van der Waals surface area (Å²) in [4.78, 5) is 23.7. The van der Waals surface area contributed by atoms with Crippen LogP contribution < -0.4 is 0 Å². The molecule has 0 aliphatic carbocycles. The van der Waals surface area contributed by atoms with Crippen molar-refractivity contribution in [1.29, 1.82) is 5.41 Å². The minimum atomic E-state index is -0.506. The lowest BCUT2D eigenvalue weighted by atomic mass is 9.98. The van der Waals surface area contributed by atoms with E-state index in [0.717, 1.165) is 11.1 Å². The van der Waals surface area contributed by atoms with E-state index < -0.39 is 17.3 Å². The number of carbonyl (C=O) groups excluding carboxylic acids is 2. The first-order valence-electron chi connectivity index (χ1n) is 6.95. The third-order valence-electron chi connectivity index (χ3n) is 3.24. The lowest BCUT2D eigenvalue weighted by molar-refractivity contribution is -0.112. The molecule has 2 aromatic rings. The van der Waals surface area contributed by atoms with Crippen molar-refractivity contribution in [1.82, 2.24) is 0 Å². The van der Waals surface area contributed by atoms with Gasteiger partial charge in [-0.25, -0.2) is 0 Å². The Kier molecular flexibility index (Phi) is 4.77. The van der Waals surface area contributed by atoms with Gasteiger partial charge in [0.05, 0.1) is 0 Å². The van der Waals surface area contributed by atoms with Crippen LogP contribution in [0, 0.1) is 5.41 Å². The van der Waals surface area contributed by atoms with E-state index in [0.29, 0.717) is 12.0 Å². The normalized spacial score (nSPS) is 10.1. The molecule has 0 atom stereocenters. The Bertz CT molecular complexity index is 657. The number of nitrogens with one attached hydrogen (secondary N) is 1. The Balaban J connectivity index is 2.17. The summed E-state index contributed by atoms with van der Waals surface area (Å²) in [6, 6.07) is 16.8. The highest BCUT2D eigenvalue weighted by molar-refractivity contribution is 6.68.